The number of aryl methyl sites for hydroxylation is 2. The van der Waals surface area contributed by atoms with Crippen molar-refractivity contribution in [3.8, 4) is 22.3 Å². The van der Waals surface area contributed by atoms with Gasteiger partial charge in [-0.3, -0.25) is 0 Å². The molecule has 1 aliphatic heterocycles. The predicted octanol–water partition coefficient (Wildman–Crippen LogP) is 9.33. The number of halogens is 2. The van der Waals surface area contributed by atoms with Crippen molar-refractivity contribution in [1.29, 1.82) is 0 Å². The molecule has 0 nitrogen and oxygen atoms in total. The first-order valence-electron chi connectivity index (χ1n) is 15.6. The second-order valence-corrected chi connectivity index (χ2v) is 28.7. The van der Waals surface area contributed by atoms with Crippen LogP contribution in [0.2, 0.25) is 39.3 Å². The van der Waals surface area contributed by atoms with Crippen molar-refractivity contribution in [2.75, 3.05) is 0 Å². The fourth-order valence-electron chi connectivity index (χ4n) is 5.78. The van der Waals surface area contributed by atoms with Gasteiger partial charge in [0.15, 0.2) is 0 Å². The van der Waals surface area contributed by atoms with E-state index in [1.807, 2.05) is 6.07 Å². The van der Waals surface area contributed by atoms with Crippen LogP contribution in [-0.2, 0) is 33.7 Å². The zero-order chi connectivity index (χ0) is 32.1. The van der Waals surface area contributed by atoms with Gasteiger partial charge in [0.2, 0.25) is 0 Å². The maximum Gasteiger partial charge on any atom is 0.0920 e. The third kappa shape index (κ3) is 8.49. The Labute approximate surface area is 289 Å². The first-order valence-corrected chi connectivity index (χ1v) is 29.9. The molecule has 0 fully saturated rings. The quantitative estimate of drug-likeness (QED) is 0.118. The van der Waals surface area contributed by atoms with Gasteiger partial charge in [0.1, 0.15) is 0 Å². The topological polar surface area (TPSA) is 0 Å². The second-order valence-electron chi connectivity index (χ2n) is 13.6. The molecule has 0 saturated heterocycles. The van der Waals surface area contributed by atoms with E-state index in [0.29, 0.717) is 0 Å². The smallest absolute Gasteiger partial charge is 0.0920 e. The van der Waals surface area contributed by atoms with Crippen LogP contribution in [0.15, 0.2) is 84.9 Å². The largest absolute Gasteiger partial charge is 0.184 e. The van der Waals surface area contributed by atoms with Crippen molar-refractivity contribution in [2.24, 2.45) is 0 Å². The minimum atomic E-state index is -1.39. The maximum atomic E-state index is 4.93. The minimum Gasteiger partial charge on any atom is -0.184 e. The van der Waals surface area contributed by atoms with E-state index in [0.717, 1.165) is 22.4 Å². The van der Waals surface area contributed by atoms with Gasteiger partial charge >= 0.3 is 37.9 Å². The molecule has 0 N–H and O–H groups in total. The zero-order valence-electron chi connectivity index (χ0n) is 27.5. The first-order chi connectivity index (χ1) is 20.9. The van der Waals surface area contributed by atoms with E-state index in [2.05, 4.69) is 138 Å². The predicted molar refractivity (Wildman–Crippen MR) is 202 cm³/mol. The Bertz CT molecular complexity index is 1630. The first kappa shape index (κ1) is 35.5. The molecule has 0 unspecified atom stereocenters. The Kier molecular flexibility index (Phi) is 12.5. The number of benzene rings is 4. The Morgan fingerprint density at radius 2 is 1.43 bits per heavy atom. The van der Waals surface area contributed by atoms with Crippen LogP contribution in [0.3, 0.4) is 0 Å². The van der Waals surface area contributed by atoms with Crippen LogP contribution in [0.1, 0.15) is 31.4 Å². The summed E-state index contributed by atoms with van der Waals surface area (Å²) >= 11 is -0.826. The third-order valence-corrected chi connectivity index (χ3v) is 13.7. The third-order valence-electron chi connectivity index (χ3n) is 8.25. The van der Waals surface area contributed by atoms with E-state index in [1.54, 1.807) is 10.4 Å². The van der Waals surface area contributed by atoms with Gasteiger partial charge in [-0.05, 0) is 18.4 Å². The van der Waals surface area contributed by atoms with Gasteiger partial charge < -0.3 is 0 Å². The molecule has 0 saturated carbocycles. The summed E-state index contributed by atoms with van der Waals surface area (Å²) in [6.07, 6.45) is 3.44. The van der Waals surface area contributed by atoms with Crippen LogP contribution in [-0.4, -0.2) is 25.7 Å². The summed E-state index contributed by atoms with van der Waals surface area (Å²) < 4.78 is 0. The second kappa shape index (κ2) is 15.5. The molecule has 0 spiro atoms. The molecule has 2 radical (unpaired) electrons. The number of fused-ring (bicyclic) bond motifs is 4. The van der Waals surface area contributed by atoms with Gasteiger partial charge in [-0.1, -0.05) is 134 Å². The summed E-state index contributed by atoms with van der Waals surface area (Å²) in [7, 11) is 7.88. The minimum absolute atomic E-state index is 0.795. The van der Waals surface area contributed by atoms with Crippen LogP contribution in [0, 0.1) is 6.07 Å². The normalized spacial score (nSPS) is 12.0. The summed E-state index contributed by atoms with van der Waals surface area (Å²) in [4.78, 5) is 0. The number of hydrogen-bond donors (Lipinski definition) is 0. The van der Waals surface area contributed by atoms with E-state index in [9.17, 15) is 0 Å². The molecule has 226 valence electrons. The molecule has 1 aliphatic rings. The molecular weight excluding hydrogens is 703 g/mol. The molecular formula is C38H44Cl2Si3Zr. The van der Waals surface area contributed by atoms with Crippen molar-refractivity contribution in [3.05, 3.63) is 102 Å². The SMILES string of the molecule is CCCc1ccc2[cH-]c(CC)cc2c1-c1cc([Si](C)(C)C)cc([Si](C)(C)C)c1.[Cl][Zr+2][Cl].[c-]1cccc2c1[Si]c1ccccc1-2. The standard InChI is InChI=1S/C26H37Si2.C12H7Si.2ClH.Zr/c1-9-11-20-12-13-21-14-19(10-2)15-25(21)26(20)22-16-23(27(3,4)5)18-24(17-22)28(6,7)8;1-3-7-11-9(5-1)10-6-2-4-8-12(10)13-11;;;/h12-18H,9-11H2,1-8H3;1-7H;2*1H;/q2*-1;;;+4/p-2. The molecule has 0 atom stereocenters. The summed E-state index contributed by atoms with van der Waals surface area (Å²) in [5.41, 5.74) is 8.69. The van der Waals surface area contributed by atoms with Crippen LogP contribution >= 0.6 is 17.0 Å². The van der Waals surface area contributed by atoms with Crippen LogP contribution in [0.4, 0.5) is 0 Å². The van der Waals surface area contributed by atoms with Gasteiger partial charge in [-0.15, -0.1) is 40.1 Å². The van der Waals surface area contributed by atoms with E-state index in [-0.39, 0.29) is 0 Å². The van der Waals surface area contributed by atoms with Gasteiger partial charge in [0, 0.05) is 0 Å². The molecule has 5 aromatic carbocycles. The Morgan fingerprint density at radius 1 is 0.795 bits per heavy atom. The molecule has 6 heteroatoms. The molecule has 1 heterocycles. The molecule has 6 rings (SSSR count). The van der Waals surface area contributed by atoms with Gasteiger partial charge in [0.25, 0.3) is 0 Å². The summed E-state index contributed by atoms with van der Waals surface area (Å²) in [5.74, 6) is 0. The Hall–Kier alpha value is -1.40. The fraction of sp³-hybridized carbons (Fsp3) is 0.289. The van der Waals surface area contributed by atoms with Gasteiger partial charge in [-0.25, -0.2) is 0 Å². The molecule has 0 aliphatic carbocycles. The molecule has 44 heavy (non-hydrogen) atoms. The fourth-order valence-corrected chi connectivity index (χ4v) is 9.58. The molecule has 0 aromatic heterocycles. The van der Waals surface area contributed by atoms with Crippen molar-refractivity contribution in [1.82, 2.24) is 0 Å². The van der Waals surface area contributed by atoms with Crippen LogP contribution in [0.5, 0.6) is 0 Å². The maximum absolute atomic E-state index is 4.93. The van der Waals surface area contributed by atoms with Gasteiger partial charge in [-0.2, -0.15) is 35.5 Å². The van der Waals surface area contributed by atoms with Crippen molar-refractivity contribution in [2.45, 2.75) is 72.4 Å². The monoisotopic (exact) mass is 744 g/mol. The Balaban J connectivity index is 0.000000226. The molecule has 0 bridgehead atoms. The summed E-state index contributed by atoms with van der Waals surface area (Å²) in [6, 6.07) is 35.3. The summed E-state index contributed by atoms with van der Waals surface area (Å²) in [6.45, 7) is 19.4. The van der Waals surface area contributed by atoms with E-state index in [1.165, 1.54) is 60.9 Å². The van der Waals surface area contributed by atoms with E-state index >= 15 is 0 Å². The molecule has 0 amide bonds. The van der Waals surface area contributed by atoms with E-state index < -0.39 is 37.0 Å². The average molecular weight is 747 g/mol. The van der Waals surface area contributed by atoms with Gasteiger partial charge in [0.05, 0.1) is 25.7 Å². The van der Waals surface area contributed by atoms with Crippen molar-refractivity contribution >= 4 is 74.2 Å². The van der Waals surface area contributed by atoms with Crippen molar-refractivity contribution in [3.63, 3.8) is 0 Å². The van der Waals surface area contributed by atoms with E-state index in [4.69, 9.17) is 17.0 Å². The number of hydrogen-bond acceptors (Lipinski definition) is 0. The number of rotatable bonds is 6. The average Bonchev–Trinajstić information content (AvgIpc) is 3.58. The van der Waals surface area contributed by atoms with Crippen LogP contribution in [0.25, 0.3) is 33.0 Å². The summed E-state index contributed by atoms with van der Waals surface area (Å²) in [5, 5.41) is 8.88. The molecule has 5 aromatic rings. The van der Waals surface area contributed by atoms with Crippen molar-refractivity contribution < 1.29 is 20.8 Å². The Morgan fingerprint density at radius 3 is 2.05 bits per heavy atom. The van der Waals surface area contributed by atoms with Crippen LogP contribution < -0.4 is 20.7 Å². The zero-order valence-corrected chi connectivity index (χ0v) is 34.4.